The number of hydrogen-bond acceptors (Lipinski definition) is 7. The number of aromatic nitrogens is 2. The van der Waals surface area contributed by atoms with E-state index in [4.69, 9.17) is 14.5 Å². The Morgan fingerprint density at radius 3 is 2.31 bits per heavy atom. The average molecular weight is 693 g/mol. The van der Waals surface area contributed by atoms with E-state index in [0.29, 0.717) is 31.1 Å². The van der Waals surface area contributed by atoms with Crippen molar-refractivity contribution in [3.63, 3.8) is 0 Å². The van der Waals surface area contributed by atoms with Crippen LogP contribution in [0.1, 0.15) is 104 Å². The highest BCUT2D eigenvalue weighted by atomic mass is 32.2. The molecule has 3 aliphatic rings. The molecule has 0 radical (unpaired) electrons. The number of carbonyl (C=O) groups is 2. The molecule has 3 aromatic rings. The van der Waals surface area contributed by atoms with E-state index in [1.807, 2.05) is 39.0 Å². The van der Waals surface area contributed by atoms with Crippen molar-refractivity contribution in [1.29, 1.82) is 0 Å². The first-order chi connectivity index (χ1) is 22.5. The van der Waals surface area contributed by atoms with Gasteiger partial charge in [0.2, 0.25) is 0 Å². The Bertz CT molecular complexity index is 1640. The molecule has 0 bridgehead atoms. The lowest BCUT2D eigenvalue weighted by Gasteiger charge is -2.39. The fourth-order valence-corrected chi connectivity index (χ4v) is 8.62. The topological polar surface area (TPSA) is 109 Å². The summed E-state index contributed by atoms with van der Waals surface area (Å²) >= 11 is -1.34. The van der Waals surface area contributed by atoms with Gasteiger partial charge in [-0.3, -0.25) is 14.5 Å². The van der Waals surface area contributed by atoms with Gasteiger partial charge < -0.3 is 18.6 Å². The predicted molar refractivity (Wildman–Crippen MR) is 193 cm³/mol. The van der Waals surface area contributed by atoms with Gasteiger partial charge >= 0.3 is 0 Å². The van der Waals surface area contributed by atoms with E-state index in [2.05, 4.69) is 54.9 Å². The number of imidazole rings is 1. The molecule has 3 heterocycles. The molecule has 260 valence electrons. The number of ether oxygens (including phenoxy) is 2. The van der Waals surface area contributed by atoms with Crippen molar-refractivity contribution in [2.75, 3.05) is 13.2 Å². The summed E-state index contributed by atoms with van der Waals surface area (Å²) in [7, 11) is -1.30. The monoisotopic (exact) mass is 692 g/mol. The van der Waals surface area contributed by atoms with Crippen molar-refractivity contribution in [3.05, 3.63) is 65.0 Å². The van der Waals surface area contributed by atoms with Gasteiger partial charge in [0.25, 0.3) is 11.8 Å². The van der Waals surface area contributed by atoms with E-state index in [1.54, 1.807) is 12.1 Å². The van der Waals surface area contributed by atoms with Gasteiger partial charge in [-0.15, -0.1) is 4.72 Å². The molecule has 2 amide bonds. The van der Waals surface area contributed by atoms with Gasteiger partial charge in [-0.25, -0.2) is 4.98 Å². The Morgan fingerprint density at radius 2 is 1.73 bits per heavy atom. The first kappa shape index (κ1) is 35.3. The van der Waals surface area contributed by atoms with Crippen LogP contribution < -0.4 is 4.72 Å². The van der Waals surface area contributed by atoms with Crippen LogP contribution in [0.2, 0.25) is 25.7 Å². The van der Waals surface area contributed by atoms with Gasteiger partial charge in [0, 0.05) is 32.6 Å². The van der Waals surface area contributed by atoms with Crippen LogP contribution in [0, 0.1) is 11.8 Å². The maximum absolute atomic E-state index is 13.7. The summed E-state index contributed by atoms with van der Waals surface area (Å²) in [4.78, 5) is 34.0. The Kier molecular flexibility index (Phi) is 9.78. The molecule has 1 saturated carbocycles. The number of nitrogens with one attached hydrogen (secondary N) is 1. The minimum Gasteiger partial charge on any atom is -0.598 e. The van der Waals surface area contributed by atoms with Crippen molar-refractivity contribution in [2.24, 2.45) is 11.8 Å². The van der Waals surface area contributed by atoms with Gasteiger partial charge in [0.05, 0.1) is 33.8 Å². The third-order valence-electron chi connectivity index (χ3n) is 9.81. The molecule has 1 saturated heterocycles. The van der Waals surface area contributed by atoms with E-state index in [9.17, 15) is 14.1 Å². The molecule has 1 aliphatic carbocycles. The van der Waals surface area contributed by atoms with Crippen molar-refractivity contribution >= 4 is 42.3 Å². The summed E-state index contributed by atoms with van der Waals surface area (Å²) in [5, 5.41) is 0. The van der Waals surface area contributed by atoms with E-state index in [1.165, 1.54) is 4.90 Å². The molecule has 11 heteroatoms. The molecule has 1 N–H and O–H groups in total. The maximum atomic E-state index is 13.7. The lowest BCUT2D eigenvalue weighted by molar-refractivity contribution is -0.0782. The fraction of sp³-hybridized carbons (Fsp3) is 0.595. The average Bonchev–Trinajstić information content (AvgIpc) is 3.73. The number of imide groups is 1. The predicted octanol–water partition coefficient (Wildman–Crippen LogP) is 7.39. The van der Waals surface area contributed by atoms with E-state index in [-0.39, 0.29) is 41.3 Å². The molecule has 6 rings (SSSR count). The van der Waals surface area contributed by atoms with Gasteiger partial charge in [0.15, 0.2) is 0 Å². The Morgan fingerprint density at radius 1 is 1.06 bits per heavy atom. The minimum absolute atomic E-state index is 0.134. The SMILES string of the molecule is CC1(C)CC(C(N[S@+]([O-])C(C)(C)C)c2nc3cc(C(C4CC4)N4C(=O)c5ccccc5C4=O)ccc3n2COCC[Si](C)(C)C)CCO1. The van der Waals surface area contributed by atoms with Crippen LogP contribution in [0.3, 0.4) is 0 Å². The molecule has 0 spiro atoms. The molecule has 2 fully saturated rings. The highest BCUT2D eigenvalue weighted by Gasteiger charge is 2.47. The number of hydrogen-bond donors (Lipinski definition) is 1. The zero-order valence-electron chi connectivity index (χ0n) is 29.8. The van der Waals surface area contributed by atoms with E-state index in [0.717, 1.165) is 54.1 Å². The Balaban J connectivity index is 1.42. The second kappa shape index (κ2) is 13.3. The first-order valence-corrected chi connectivity index (χ1v) is 22.3. The van der Waals surface area contributed by atoms with Crippen LogP contribution in [0.15, 0.2) is 42.5 Å². The van der Waals surface area contributed by atoms with Crippen LogP contribution in [0.5, 0.6) is 0 Å². The zero-order valence-corrected chi connectivity index (χ0v) is 31.6. The number of amides is 2. The number of rotatable bonds is 12. The van der Waals surface area contributed by atoms with Crippen LogP contribution in [-0.4, -0.2) is 62.5 Å². The van der Waals surface area contributed by atoms with Gasteiger partial charge in [-0.2, -0.15) is 0 Å². The standard InChI is InChI=1S/C37H52N4O5SSi/c1-36(2,3)47(44)39-31(26-17-18-46-37(4,5)22-26)33-38-29-21-25(15-16-30(29)40(33)23-45-19-20-48(6,7)8)32(24-13-14-24)41-34(42)27-11-9-10-12-28(27)35(41)43/h9-12,15-16,21,24,26,31-32,39H,13-14,17-20,22-23H2,1-8H3/t26?,31?,32?,47-/m1/s1. The summed E-state index contributed by atoms with van der Waals surface area (Å²) in [5.41, 5.74) is 3.23. The van der Waals surface area contributed by atoms with E-state index >= 15 is 0 Å². The van der Waals surface area contributed by atoms with Crippen LogP contribution in [-0.2, 0) is 27.6 Å². The van der Waals surface area contributed by atoms with E-state index < -0.39 is 24.2 Å². The highest BCUT2D eigenvalue weighted by Crippen LogP contribution is 2.48. The van der Waals surface area contributed by atoms with Crippen molar-refractivity contribution in [2.45, 2.75) is 115 Å². The Hall–Kier alpha value is -2.54. The molecular weight excluding hydrogens is 641 g/mol. The smallest absolute Gasteiger partial charge is 0.262 e. The molecule has 9 nitrogen and oxygen atoms in total. The summed E-state index contributed by atoms with van der Waals surface area (Å²) in [5.74, 6) is 0.675. The summed E-state index contributed by atoms with van der Waals surface area (Å²) in [6, 6.07) is 13.6. The van der Waals surface area contributed by atoms with Gasteiger partial charge in [-0.05, 0) is 108 Å². The number of benzene rings is 2. The summed E-state index contributed by atoms with van der Waals surface area (Å²) < 4.78 is 31.4. The molecular formula is C37H52N4O5SSi. The molecule has 2 aromatic carbocycles. The maximum Gasteiger partial charge on any atom is 0.262 e. The molecule has 3 unspecified atom stereocenters. The first-order valence-electron chi connectivity index (χ1n) is 17.4. The lowest BCUT2D eigenvalue weighted by Crippen LogP contribution is -2.47. The van der Waals surface area contributed by atoms with Gasteiger partial charge in [0.1, 0.15) is 23.3 Å². The molecule has 1 aromatic heterocycles. The summed E-state index contributed by atoms with van der Waals surface area (Å²) in [6.07, 6.45) is 3.53. The van der Waals surface area contributed by atoms with Crippen molar-refractivity contribution < 1.29 is 23.6 Å². The second-order valence-electron chi connectivity index (χ2n) is 16.6. The summed E-state index contributed by atoms with van der Waals surface area (Å²) in [6.45, 7) is 18.8. The quantitative estimate of drug-likeness (QED) is 0.0913. The van der Waals surface area contributed by atoms with Gasteiger partial charge in [-0.1, -0.05) is 37.8 Å². The molecule has 48 heavy (non-hydrogen) atoms. The zero-order chi connectivity index (χ0) is 34.6. The number of nitrogens with zero attached hydrogens (tertiary/aromatic N) is 3. The lowest BCUT2D eigenvalue weighted by atomic mass is 9.83. The van der Waals surface area contributed by atoms with Crippen molar-refractivity contribution in [3.8, 4) is 0 Å². The number of carbonyl (C=O) groups excluding carboxylic acids is 2. The largest absolute Gasteiger partial charge is 0.598 e. The minimum atomic E-state index is -1.34. The highest BCUT2D eigenvalue weighted by molar-refractivity contribution is 7.90. The van der Waals surface area contributed by atoms with Crippen LogP contribution in [0.4, 0.5) is 0 Å². The molecule has 4 atom stereocenters. The van der Waals surface area contributed by atoms with Crippen molar-refractivity contribution in [1.82, 2.24) is 19.2 Å². The molecule has 2 aliphatic heterocycles. The third kappa shape index (κ3) is 7.46. The van der Waals surface area contributed by atoms with Crippen LogP contribution in [0.25, 0.3) is 11.0 Å². The normalized spacial score (nSPS) is 21.9. The number of fused-ring (bicyclic) bond motifs is 2. The Labute approximate surface area is 289 Å². The fourth-order valence-electron chi connectivity index (χ4n) is 6.98. The third-order valence-corrected chi connectivity index (χ3v) is 13.1. The second-order valence-corrected chi connectivity index (χ2v) is 24.3. The van der Waals surface area contributed by atoms with Crippen LogP contribution >= 0.6 is 0 Å².